The van der Waals surface area contributed by atoms with Gasteiger partial charge in [0.05, 0.1) is 16.6 Å². The number of nitrogens with zero attached hydrogens (tertiary/aromatic N) is 3. The third-order valence-electron chi connectivity index (χ3n) is 4.04. The van der Waals surface area contributed by atoms with E-state index in [1.165, 1.54) is 38.4 Å². The van der Waals surface area contributed by atoms with Gasteiger partial charge < -0.3 is 9.72 Å². The smallest absolute Gasteiger partial charge is 0.251 e. The number of pyridine rings is 1. The minimum Gasteiger partial charge on any atom is -0.352 e. The summed E-state index contributed by atoms with van der Waals surface area (Å²) >= 11 is 0. The van der Waals surface area contributed by atoms with Crippen LogP contribution in [0.15, 0.2) is 59.8 Å². The van der Waals surface area contributed by atoms with Crippen LogP contribution in [0.2, 0.25) is 0 Å². The predicted molar refractivity (Wildman–Crippen MR) is 98.5 cm³/mol. The van der Waals surface area contributed by atoms with Gasteiger partial charge in [0.1, 0.15) is 5.82 Å². The van der Waals surface area contributed by atoms with Crippen molar-refractivity contribution in [3.63, 3.8) is 0 Å². The molecule has 3 aromatic rings. The maximum atomic E-state index is 12.2. The van der Waals surface area contributed by atoms with Gasteiger partial charge in [0.25, 0.3) is 5.91 Å². The lowest BCUT2D eigenvalue weighted by molar-refractivity contribution is 0.0954. The molecule has 26 heavy (non-hydrogen) atoms. The quantitative estimate of drug-likeness (QED) is 0.712. The molecule has 0 saturated carbocycles. The molecule has 0 bridgehead atoms. The second kappa shape index (κ2) is 7.27. The number of benzene rings is 1. The van der Waals surface area contributed by atoms with E-state index in [1.807, 2.05) is 28.8 Å². The topological polar surface area (TPSA) is 83.8 Å². The van der Waals surface area contributed by atoms with Crippen molar-refractivity contribution in [3.05, 3.63) is 66.2 Å². The number of carbonyl (C=O) groups is 1. The summed E-state index contributed by atoms with van der Waals surface area (Å²) in [6.07, 6.45) is 4.32. The molecule has 2 heterocycles. The molecule has 2 aromatic heterocycles. The van der Waals surface area contributed by atoms with E-state index in [0.717, 1.165) is 15.6 Å². The zero-order valence-corrected chi connectivity index (χ0v) is 15.4. The number of sulfonamides is 1. The average Bonchev–Trinajstić information content (AvgIpc) is 3.05. The van der Waals surface area contributed by atoms with Crippen LogP contribution in [0.1, 0.15) is 16.2 Å². The second-order valence-electron chi connectivity index (χ2n) is 5.99. The number of hydrogen-bond donors (Lipinski definition) is 1. The number of amides is 1. The molecule has 0 atom stereocenters. The van der Waals surface area contributed by atoms with Crippen LogP contribution in [-0.2, 0) is 16.4 Å². The molecule has 1 N–H and O–H groups in total. The van der Waals surface area contributed by atoms with Crippen molar-refractivity contribution in [3.8, 4) is 0 Å². The number of aromatic nitrogens is 2. The van der Waals surface area contributed by atoms with Gasteiger partial charge in [-0.15, -0.1) is 0 Å². The Hall–Kier alpha value is -2.71. The molecule has 136 valence electrons. The lowest BCUT2D eigenvalue weighted by Crippen LogP contribution is -2.26. The van der Waals surface area contributed by atoms with E-state index in [-0.39, 0.29) is 10.8 Å². The molecule has 0 radical (unpaired) electrons. The monoisotopic (exact) mass is 372 g/mol. The fourth-order valence-corrected chi connectivity index (χ4v) is 3.47. The Balaban J connectivity index is 1.62. The molecule has 0 aliphatic heterocycles. The van der Waals surface area contributed by atoms with E-state index in [9.17, 15) is 13.2 Å². The van der Waals surface area contributed by atoms with Crippen molar-refractivity contribution < 1.29 is 13.2 Å². The molecule has 0 spiro atoms. The molecule has 8 heteroatoms. The van der Waals surface area contributed by atoms with Crippen LogP contribution in [0.25, 0.3) is 5.52 Å². The first kappa shape index (κ1) is 18.1. The normalized spacial score (nSPS) is 11.8. The average molecular weight is 372 g/mol. The highest BCUT2D eigenvalue weighted by Crippen LogP contribution is 2.14. The van der Waals surface area contributed by atoms with E-state index in [0.29, 0.717) is 18.5 Å². The molecular weight excluding hydrogens is 352 g/mol. The molecule has 1 aromatic carbocycles. The van der Waals surface area contributed by atoms with Crippen molar-refractivity contribution in [1.82, 2.24) is 19.0 Å². The molecule has 3 rings (SSSR count). The minimum atomic E-state index is -3.50. The summed E-state index contributed by atoms with van der Waals surface area (Å²) in [5.41, 5.74) is 1.42. The molecule has 0 unspecified atom stereocenters. The maximum Gasteiger partial charge on any atom is 0.251 e. The molecule has 0 saturated heterocycles. The lowest BCUT2D eigenvalue weighted by atomic mass is 10.2. The summed E-state index contributed by atoms with van der Waals surface area (Å²) in [5, 5.41) is 2.83. The Labute approximate surface area is 152 Å². The first-order chi connectivity index (χ1) is 12.4. The number of rotatable bonds is 6. The van der Waals surface area contributed by atoms with Crippen molar-refractivity contribution in [2.75, 3.05) is 20.6 Å². The highest BCUT2D eigenvalue weighted by Gasteiger charge is 2.17. The summed E-state index contributed by atoms with van der Waals surface area (Å²) in [6.45, 7) is 0.435. The summed E-state index contributed by atoms with van der Waals surface area (Å²) in [5.74, 6) is 0.619. The number of hydrogen-bond acceptors (Lipinski definition) is 4. The summed E-state index contributed by atoms with van der Waals surface area (Å²) in [6, 6.07) is 11.7. The van der Waals surface area contributed by atoms with Crippen molar-refractivity contribution in [2.45, 2.75) is 11.3 Å². The van der Waals surface area contributed by atoms with Gasteiger partial charge in [0, 0.05) is 38.8 Å². The zero-order chi connectivity index (χ0) is 18.7. The second-order valence-corrected chi connectivity index (χ2v) is 8.14. The predicted octanol–water partition coefficient (Wildman–Crippen LogP) is 1.56. The number of nitrogens with one attached hydrogen (secondary N) is 1. The molecule has 0 fully saturated rings. The fraction of sp³-hybridized carbons (Fsp3) is 0.222. The molecule has 7 nitrogen and oxygen atoms in total. The highest BCUT2D eigenvalue weighted by molar-refractivity contribution is 7.89. The Morgan fingerprint density at radius 2 is 1.88 bits per heavy atom. The molecule has 0 aliphatic carbocycles. The van der Waals surface area contributed by atoms with Crippen molar-refractivity contribution >= 4 is 21.4 Å². The first-order valence-electron chi connectivity index (χ1n) is 8.11. The summed E-state index contributed by atoms with van der Waals surface area (Å²) in [4.78, 5) is 16.7. The summed E-state index contributed by atoms with van der Waals surface area (Å²) in [7, 11) is -0.561. The maximum absolute atomic E-state index is 12.2. The van der Waals surface area contributed by atoms with Crippen LogP contribution in [0.3, 0.4) is 0 Å². The van der Waals surface area contributed by atoms with Gasteiger partial charge >= 0.3 is 0 Å². The number of carbonyl (C=O) groups excluding carboxylic acids is 1. The van der Waals surface area contributed by atoms with Crippen LogP contribution in [0.4, 0.5) is 0 Å². The van der Waals surface area contributed by atoms with E-state index in [1.54, 1.807) is 6.20 Å². The Kier molecular flexibility index (Phi) is 5.06. The van der Waals surface area contributed by atoms with Crippen LogP contribution in [-0.4, -0.2) is 48.7 Å². The third-order valence-corrected chi connectivity index (χ3v) is 5.87. The van der Waals surface area contributed by atoms with Gasteiger partial charge in [0.15, 0.2) is 0 Å². The standard InChI is InChI=1S/C18H20N4O3S/c1-21(2)26(24,25)16-8-6-14(7-9-16)18(23)19-11-10-17-20-13-15-5-3-4-12-22(15)17/h3-9,12-13H,10-11H2,1-2H3,(H,19,23). The van der Waals surface area contributed by atoms with E-state index >= 15 is 0 Å². The fourth-order valence-electron chi connectivity index (χ4n) is 2.56. The van der Waals surface area contributed by atoms with Gasteiger partial charge in [-0.3, -0.25) is 4.79 Å². The SMILES string of the molecule is CN(C)S(=O)(=O)c1ccc(C(=O)NCCc2ncc3ccccn23)cc1. The van der Waals surface area contributed by atoms with Crippen molar-refractivity contribution in [2.24, 2.45) is 0 Å². The first-order valence-corrected chi connectivity index (χ1v) is 9.55. The molecule has 0 aliphatic rings. The minimum absolute atomic E-state index is 0.155. The third kappa shape index (κ3) is 3.61. The van der Waals surface area contributed by atoms with E-state index < -0.39 is 10.0 Å². The van der Waals surface area contributed by atoms with Crippen LogP contribution in [0.5, 0.6) is 0 Å². The van der Waals surface area contributed by atoms with Crippen LogP contribution >= 0.6 is 0 Å². The Morgan fingerprint density at radius 3 is 2.58 bits per heavy atom. The molecule has 1 amide bonds. The Morgan fingerprint density at radius 1 is 1.15 bits per heavy atom. The zero-order valence-electron chi connectivity index (χ0n) is 14.6. The largest absolute Gasteiger partial charge is 0.352 e. The van der Waals surface area contributed by atoms with Gasteiger partial charge in [-0.25, -0.2) is 17.7 Å². The van der Waals surface area contributed by atoms with Crippen molar-refractivity contribution in [1.29, 1.82) is 0 Å². The number of imidazole rings is 1. The molecular formula is C18H20N4O3S. The van der Waals surface area contributed by atoms with Crippen LogP contribution < -0.4 is 5.32 Å². The van der Waals surface area contributed by atoms with Gasteiger partial charge in [0.2, 0.25) is 10.0 Å². The lowest BCUT2D eigenvalue weighted by Gasteiger charge is -2.11. The van der Waals surface area contributed by atoms with E-state index in [4.69, 9.17) is 0 Å². The Bertz CT molecular complexity index is 1020. The van der Waals surface area contributed by atoms with E-state index in [2.05, 4.69) is 10.3 Å². The highest BCUT2D eigenvalue weighted by atomic mass is 32.2. The van der Waals surface area contributed by atoms with Gasteiger partial charge in [-0.05, 0) is 36.4 Å². The van der Waals surface area contributed by atoms with Crippen LogP contribution in [0, 0.1) is 0 Å². The van der Waals surface area contributed by atoms with Gasteiger partial charge in [-0.2, -0.15) is 0 Å². The summed E-state index contributed by atoms with van der Waals surface area (Å²) < 4.78 is 27.2. The number of fused-ring (bicyclic) bond motifs is 1. The van der Waals surface area contributed by atoms with Gasteiger partial charge in [-0.1, -0.05) is 6.07 Å².